The van der Waals surface area contributed by atoms with E-state index in [9.17, 15) is 18.0 Å². The molecule has 41 heavy (non-hydrogen) atoms. The summed E-state index contributed by atoms with van der Waals surface area (Å²) in [5.41, 5.74) is 0.464. The Kier molecular flexibility index (Phi) is 10.4. The fourth-order valence-corrected chi connectivity index (χ4v) is 6.71. The first-order chi connectivity index (χ1) is 19.7. The van der Waals surface area contributed by atoms with Crippen molar-refractivity contribution < 1.29 is 22.4 Å². The van der Waals surface area contributed by atoms with Gasteiger partial charge in [0.2, 0.25) is 11.8 Å². The number of halogens is 2. The fraction of sp³-hybridized carbons (Fsp3) is 0.355. The lowest BCUT2D eigenvalue weighted by Gasteiger charge is -2.34. The van der Waals surface area contributed by atoms with Crippen LogP contribution < -0.4 is 9.62 Å². The molecule has 1 atom stereocenters. The van der Waals surface area contributed by atoms with Gasteiger partial charge in [0, 0.05) is 17.6 Å². The molecule has 1 aliphatic carbocycles. The summed E-state index contributed by atoms with van der Waals surface area (Å²) in [6.45, 7) is 1.16. The highest BCUT2D eigenvalue weighted by molar-refractivity contribution is 7.92. The summed E-state index contributed by atoms with van der Waals surface area (Å²) in [7, 11) is -4.33. The normalized spacial score (nSPS) is 14.7. The van der Waals surface area contributed by atoms with Crippen molar-refractivity contribution >= 4 is 39.1 Å². The average molecular weight is 600 g/mol. The highest BCUT2D eigenvalue weighted by Crippen LogP contribution is 2.27. The second-order valence-corrected chi connectivity index (χ2v) is 12.5. The van der Waals surface area contributed by atoms with Gasteiger partial charge in [0.05, 0.1) is 10.6 Å². The molecule has 0 aromatic heterocycles. The number of nitrogens with one attached hydrogen (secondary N) is 1. The Balaban J connectivity index is 1.70. The summed E-state index contributed by atoms with van der Waals surface area (Å²) < 4.78 is 43.3. The van der Waals surface area contributed by atoms with Crippen molar-refractivity contribution in [1.29, 1.82) is 0 Å². The smallest absolute Gasteiger partial charge is 0.264 e. The van der Waals surface area contributed by atoms with Gasteiger partial charge in [0.1, 0.15) is 18.4 Å². The SMILES string of the molecule is CC[C@H](C(=O)NC1CCCCC1)N(Cc1ccc(Cl)cc1)C(=O)CN(c1ccccc1F)S(=O)(=O)c1ccccc1. The van der Waals surface area contributed by atoms with Crippen LogP contribution in [0.15, 0.2) is 83.8 Å². The minimum absolute atomic E-state index is 0.0335. The van der Waals surface area contributed by atoms with Gasteiger partial charge in [-0.25, -0.2) is 12.8 Å². The van der Waals surface area contributed by atoms with E-state index in [-0.39, 0.29) is 29.1 Å². The number of para-hydroxylation sites is 1. The third-order valence-corrected chi connectivity index (χ3v) is 9.36. The molecule has 1 aliphatic rings. The van der Waals surface area contributed by atoms with E-state index >= 15 is 4.39 Å². The maximum atomic E-state index is 15.0. The topological polar surface area (TPSA) is 86.8 Å². The number of hydrogen-bond donors (Lipinski definition) is 1. The van der Waals surface area contributed by atoms with Crippen LogP contribution in [0.25, 0.3) is 0 Å². The van der Waals surface area contributed by atoms with Gasteiger partial charge in [-0.15, -0.1) is 0 Å². The molecule has 1 saturated carbocycles. The second kappa shape index (κ2) is 14.0. The van der Waals surface area contributed by atoms with E-state index in [0.717, 1.165) is 48.0 Å². The number of hydrogen-bond acceptors (Lipinski definition) is 4. The van der Waals surface area contributed by atoms with Gasteiger partial charge in [-0.2, -0.15) is 0 Å². The fourth-order valence-electron chi connectivity index (χ4n) is 5.14. The molecule has 4 rings (SSSR count). The summed E-state index contributed by atoms with van der Waals surface area (Å²) in [5.74, 6) is -1.70. The highest BCUT2D eigenvalue weighted by atomic mass is 35.5. The van der Waals surface area contributed by atoms with E-state index < -0.39 is 34.3 Å². The van der Waals surface area contributed by atoms with Crippen molar-refractivity contribution in [2.24, 2.45) is 0 Å². The number of benzene rings is 3. The monoisotopic (exact) mass is 599 g/mol. The Morgan fingerprint density at radius 1 is 0.951 bits per heavy atom. The lowest BCUT2D eigenvalue weighted by Crippen LogP contribution is -2.54. The number of carbonyl (C=O) groups excluding carboxylic acids is 2. The molecule has 218 valence electrons. The second-order valence-electron chi connectivity index (χ2n) is 10.2. The van der Waals surface area contributed by atoms with Crippen LogP contribution in [-0.2, 0) is 26.2 Å². The molecule has 1 N–H and O–H groups in total. The number of amides is 2. The minimum Gasteiger partial charge on any atom is -0.352 e. The van der Waals surface area contributed by atoms with Crippen molar-refractivity contribution in [2.75, 3.05) is 10.8 Å². The van der Waals surface area contributed by atoms with Crippen molar-refractivity contribution in [1.82, 2.24) is 10.2 Å². The predicted octanol–water partition coefficient (Wildman–Crippen LogP) is 5.93. The average Bonchev–Trinajstić information content (AvgIpc) is 2.98. The molecule has 0 spiro atoms. The van der Waals surface area contributed by atoms with Crippen LogP contribution in [0.3, 0.4) is 0 Å². The maximum absolute atomic E-state index is 15.0. The first kappa shape index (κ1) is 30.5. The summed E-state index contributed by atoms with van der Waals surface area (Å²) in [5, 5.41) is 3.63. The first-order valence-electron chi connectivity index (χ1n) is 13.9. The van der Waals surface area contributed by atoms with Crippen molar-refractivity contribution in [2.45, 2.75) is 69.0 Å². The summed E-state index contributed by atoms with van der Waals surface area (Å²) in [6, 6.07) is 19.1. The number of carbonyl (C=O) groups is 2. The highest BCUT2D eigenvalue weighted by Gasteiger charge is 2.35. The first-order valence-corrected chi connectivity index (χ1v) is 15.7. The maximum Gasteiger partial charge on any atom is 0.264 e. The zero-order valence-electron chi connectivity index (χ0n) is 23.0. The van der Waals surface area contributed by atoms with Gasteiger partial charge in [-0.05, 0) is 61.2 Å². The number of rotatable bonds is 11. The number of nitrogens with zero attached hydrogens (tertiary/aromatic N) is 2. The minimum atomic E-state index is -4.33. The summed E-state index contributed by atoms with van der Waals surface area (Å²) in [6.07, 6.45) is 5.26. The van der Waals surface area contributed by atoms with Crippen LogP contribution in [0.2, 0.25) is 5.02 Å². The van der Waals surface area contributed by atoms with Crippen molar-refractivity contribution in [3.05, 3.63) is 95.3 Å². The van der Waals surface area contributed by atoms with E-state index in [1.807, 2.05) is 6.92 Å². The molecule has 10 heteroatoms. The molecule has 2 amide bonds. The van der Waals surface area contributed by atoms with E-state index in [0.29, 0.717) is 11.4 Å². The van der Waals surface area contributed by atoms with Gasteiger partial charge >= 0.3 is 0 Å². The Morgan fingerprint density at radius 2 is 1.59 bits per heavy atom. The van der Waals surface area contributed by atoms with Gasteiger partial charge in [0.25, 0.3) is 10.0 Å². The molecule has 0 radical (unpaired) electrons. The van der Waals surface area contributed by atoms with Crippen LogP contribution in [0.5, 0.6) is 0 Å². The number of sulfonamides is 1. The molecule has 7 nitrogen and oxygen atoms in total. The molecule has 3 aromatic carbocycles. The molecule has 0 saturated heterocycles. The largest absolute Gasteiger partial charge is 0.352 e. The molecule has 3 aromatic rings. The van der Waals surface area contributed by atoms with Gasteiger partial charge < -0.3 is 10.2 Å². The predicted molar refractivity (Wildman–Crippen MR) is 158 cm³/mol. The van der Waals surface area contributed by atoms with E-state index in [4.69, 9.17) is 11.6 Å². The lowest BCUT2D eigenvalue weighted by molar-refractivity contribution is -0.140. The molecule has 1 fully saturated rings. The number of anilines is 1. The Morgan fingerprint density at radius 3 is 2.22 bits per heavy atom. The summed E-state index contributed by atoms with van der Waals surface area (Å²) >= 11 is 6.07. The zero-order chi connectivity index (χ0) is 29.4. The van der Waals surface area contributed by atoms with Crippen molar-refractivity contribution in [3.8, 4) is 0 Å². The zero-order valence-corrected chi connectivity index (χ0v) is 24.6. The van der Waals surface area contributed by atoms with Crippen LogP contribution in [-0.4, -0.2) is 43.8 Å². The van der Waals surface area contributed by atoms with Gasteiger partial charge in [-0.1, -0.05) is 80.3 Å². The van der Waals surface area contributed by atoms with Crippen LogP contribution in [0.1, 0.15) is 51.0 Å². The Labute approximate surface area is 246 Å². The molecular weight excluding hydrogens is 565 g/mol. The molecule has 0 heterocycles. The molecule has 0 aliphatic heterocycles. The van der Waals surface area contributed by atoms with E-state index in [2.05, 4.69) is 5.32 Å². The molecular formula is C31H35ClFN3O4S. The van der Waals surface area contributed by atoms with Gasteiger partial charge in [-0.3, -0.25) is 13.9 Å². The quantitative estimate of drug-likeness (QED) is 0.296. The Bertz CT molecular complexity index is 1430. The van der Waals surface area contributed by atoms with Crippen LogP contribution in [0.4, 0.5) is 10.1 Å². The van der Waals surface area contributed by atoms with Crippen LogP contribution >= 0.6 is 11.6 Å². The lowest BCUT2D eigenvalue weighted by atomic mass is 9.95. The molecule has 0 unspecified atom stereocenters. The van der Waals surface area contributed by atoms with Crippen molar-refractivity contribution in [3.63, 3.8) is 0 Å². The summed E-state index contributed by atoms with van der Waals surface area (Å²) in [4.78, 5) is 28.9. The van der Waals surface area contributed by atoms with Crippen LogP contribution in [0, 0.1) is 5.82 Å². The van der Waals surface area contributed by atoms with E-state index in [1.54, 1.807) is 42.5 Å². The third-order valence-electron chi connectivity index (χ3n) is 7.33. The third kappa shape index (κ3) is 7.65. The van der Waals surface area contributed by atoms with E-state index in [1.165, 1.54) is 35.2 Å². The molecule has 0 bridgehead atoms. The standard InChI is InChI=1S/C31H35ClFN3O4S/c1-2-28(31(38)34-25-11-5-3-6-12-25)35(21-23-17-19-24(32)20-18-23)30(37)22-36(29-16-10-9-15-27(29)33)41(39,40)26-13-7-4-8-14-26/h4,7-10,13-20,25,28H,2-3,5-6,11-12,21-22H2,1H3,(H,34,38)/t28-/m1/s1. The Hall–Kier alpha value is -3.43. The van der Waals surface area contributed by atoms with Gasteiger partial charge in [0.15, 0.2) is 0 Å².